The Bertz CT molecular complexity index is 659. The number of amides is 3. The number of hydrogen-bond acceptors (Lipinski definition) is 5. The van der Waals surface area contributed by atoms with Crippen molar-refractivity contribution in [3.8, 4) is 0 Å². The predicted molar refractivity (Wildman–Crippen MR) is 95.5 cm³/mol. The first-order valence-electron chi connectivity index (χ1n) is 7.81. The van der Waals surface area contributed by atoms with Crippen molar-refractivity contribution in [2.75, 3.05) is 14.1 Å². The fourth-order valence-electron chi connectivity index (χ4n) is 3.16. The smallest absolute Gasteiger partial charge is 0.311 e. The number of rotatable bonds is 3. The van der Waals surface area contributed by atoms with E-state index in [2.05, 4.69) is 10.6 Å². The lowest BCUT2D eigenvalue weighted by atomic mass is 9.97. The Balaban J connectivity index is 1.80. The first-order chi connectivity index (χ1) is 11.4. The summed E-state index contributed by atoms with van der Waals surface area (Å²) in [6.07, 6.45) is -0.303. The van der Waals surface area contributed by atoms with Gasteiger partial charge in [-0.2, -0.15) is 0 Å². The molecule has 2 heterocycles. The lowest BCUT2D eigenvalue weighted by Crippen LogP contribution is -2.73. The van der Waals surface area contributed by atoms with Crippen molar-refractivity contribution >= 4 is 35.3 Å². The second-order valence-corrected chi connectivity index (χ2v) is 7.68. The van der Waals surface area contributed by atoms with Crippen LogP contribution in [-0.2, 0) is 10.5 Å². The number of fused-ring (bicyclic) bond motifs is 1. The Morgan fingerprint density at radius 3 is 2.62 bits per heavy atom. The fourth-order valence-corrected chi connectivity index (χ4v) is 4.83. The maximum absolute atomic E-state index is 12.7. The third-order valence-corrected chi connectivity index (χ3v) is 6.13. The summed E-state index contributed by atoms with van der Waals surface area (Å²) in [5.74, 6) is 0.190. The van der Waals surface area contributed by atoms with Crippen molar-refractivity contribution in [2.24, 2.45) is 5.92 Å². The topological polar surface area (TPSA) is 64.7 Å². The number of imide groups is 1. The Morgan fingerprint density at radius 1 is 1.21 bits per heavy atom. The highest BCUT2D eigenvalue weighted by atomic mass is 35.5. The van der Waals surface area contributed by atoms with Crippen LogP contribution in [0.4, 0.5) is 4.79 Å². The van der Waals surface area contributed by atoms with Gasteiger partial charge >= 0.3 is 6.03 Å². The minimum Gasteiger partial charge on any atom is -0.311 e. The zero-order valence-corrected chi connectivity index (χ0v) is 15.4. The molecule has 0 saturated carbocycles. The Hall–Kier alpha value is -1.28. The quantitative estimate of drug-likeness (QED) is 0.853. The van der Waals surface area contributed by atoms with Gasteiger partial charge in [0, 0.05) is 24.9 Å². The van der Waals surface area contributed by atoms with Crippen LogP contribution in [0, 0.1) is 5.92 Å². The fraction of sp³-hybridized carbons (Fsp3) is 0.500. The van der Waals surface area contributed by atoms with Gasteiger partial charge in [-0.05, 0) is 18.6 Å². The van der Waals surface area contributed by atoms with Gasteiger partial charge < -0.3 is 4.90 Å². The number of carbonyl (C=O) groups excluding carboxylic acids is 2. The summed E-state index contributed by atoms with van der Waals surface area (Å²) in [5, 5.41) is 7.33. The van der Waals surface area contributed by atoms with Gasteiger partial charge in [-0.3, -0.25) is 20.3 Å². The molecule has 2 saturated heterocycles. The van der Waals surface area contributed by atoms with Gasteiger partial charge in [-0.1, -0.05) is 29.8 Å². The van der Waals surface area contributed by atoms with Crippen LogP contribution in [0.25, 0.3) is 0 Å². The normalized spacial score (nSPS) is 30.5. The molecule has 4 unspecified atom stereocenters. The van der Waals surface area contributed by atoms with Crippen molar-refractivity contribution < 1.29 is 9.59 Å². The minimum absolute atomic E-state index is 0.00134. The van der Waals surface area contributed by atoms with Crippen LogP contribution in [0.5, 0.6) is 0 Å². The molecule has 1 aromatic carbocycles. The van der Waals surface area contributed by atoms with Crippen molar-refractivity contribution in [3.63, 3.8) is 0 Å². The molecule has 2 aliphatic rings. The summed E-state index contributed by atoms with van der Waals surface area (Å²) in [5.41, 5.74) is 1.04. The lowest BCUT2D eigenvalue weighted by molar-refractivity contribution is -0.140. The molecule has 6 nitrogen and oxygen atoms in total. The van der Waals surface area contributed by atoms with Gasteiger partial charge in [0.15, 0.2) is 0 Å². The highest BCUT2D eigenvalue weighted by Crippen LogP contribution is 2.33. The molecular weight excluding hydrogens is 348 g/mol. The minimum atomic E-state index is -0.346. The average molecular weight is 369 g/mol. The standard InChI is InChI=1S/C16H21ClN4O2S/c1-9-18-13-12(15(22)21(3)16(23)20(13)2)14(19-9)24-8-10-6-4-5-7-11(10)17/h4-7,9,12-14,18-19H,8H2,1-3H3. The van der Waals surface area contributed by atoms with Gasteiger partial charge in [0.1, 0.15) is 0 Å². The molecule has 0 aliphatic carbocycles. The summed E-state index contributed by atoms with van der Waals surface area (Å²) in [6.45, 7) is 1.99. The molecular formula is C16H21ClN4O2S. The highest BCUT2D eigenvalue weighted by molar-refractivity contribution is 7.99. The SMILES string of the molecule is CC1NC(SCc2ccccc2Cl)C2C(=O)N(C)C(=O)N(C)C2N1. The first kappa shape index (κ1) is 17.5. The van der Waals surface area contributed by atoms with Crippen LogP contribution in [-0.4, -0.2) is 53.5 Å². The number of halogens is 1. The average Bonchev–Trinajstić information content (AvgIpc) is 2.56. The summed E-state index contributed by atoms with van der Waals surface area (Å²) in [7, 11) is 3.26. The number of benzene rings is 1. The third-order valence-electron chi connectivity index (χ3n) is 4.50. The molecule has 3 rings (SSSR count). The maximum atomic E-state index is 12.7. The highest BCUT2D eigenvalue weighted by Gasteiger charge is 2.50. The van der Waals surface area contributed by atoms with Gasteiger partial charge in [0.2, 0.25) is 5.91 Å². The molecule has 2 N–H and O–H groups in total. The van der Waals surface area contributed by atoms with E-state index in [9.17, 15) is 9.59 Å². The second kappa shape index (κ2) is 6.92. The van der Waals surface area contributed by atoms with E-state index in [0.717, 1.165) is 10.6 Å². The number of urea groups is 1. The van der Waals surface area contributed by atoms with Crippen LogP contribution >= 0.6 is 23.4 Å². The molecule has 0 radical (unpaired) electrons. The molecule has 0 aromatic heterocycles. The van der Waals surface area contributed by atoms with Crippen LogP contribution < -0.4 is 10.6 Å². The van der Waals surface area contributed by atoms with E-state index < -0.39 is 0 Å². The van der Waals surface area contributed by atoms with Gasteiger partial charge in [0.05, 0.1) is 23.6 Å². The molecule has 1 aromatic rings. The molecule has 8 heteroatoms. The predicted octanol–water partition coefficient (Wildman–Crippen LogP) is 1.90. The monoisotopic (exact) mass is 368 g/mol. The molecule has 2 aliphatic heterocycles. The molecule has 0 spiro atoms. The molecule has 130 valence electrons. The summed E-state index contributed by atoms with van der Waals surface area (Å²) in [6, 6.07) is 7.43. The van der Waals surface area contributed by atoms with Crippen LogP contribution in [0.2, 0.25) is 5.02 Å². The number of thioether (sulfide) groups is 1. The number of nitrogens with zero attached hydrogens (tertiary/aromatic N) is 2. The second-order valence-electron chi connectivity index (χ2n) is 6.14. The number of carbonyl (C=O) groups is 2. The van der Waals surface area contributed by atoms with E-state index in [0.29, 0.717) is 5.75 Å². The van der Waals surface area contributed by atoms with Crippen LogP contribution in [0.1, 0.15) is 12.5 Å². The summed E-state index contributed by atoms with van der Waals surface area (Å²) in [4.78, 5) is 27.6. The largest absolute Gasteiger partial charge is 0.327 e. The van der Waals surface area contributed by atoms with Crippen LogP contribution in [0.3, 0.4) is 0 Å². The Kier molecular flexibility index (Phi) is 5.05. The molecule has 2 fully saturated rings. The van der Waals surface area contributed by atoms with E-state index in [1.165, 1.54) is 11.9 Å². The maximum Gasteiger partial charge on any atom is 0.327 e. The molecule has 3 amide bonds. The Labute approximate surface area is 150 Å². The van der Waals surface area contributed by atoms with Gasteiger partial charge in [-0.25, -0.2) is 4.79 Å². The van der Waals surface area contributed by atoms with Crippen molar-refractivity contribution in [1.29, 1.82) is 0 Å². The zero-order chi connectivity index (χ0) is 17.4. The van der Waals surface area contributed by atoms with Crippen molar-refractivity contribution in [2.45, 2.75) is 30.4 Å². The van der Waals surface area contributed by atoms with Gasteiger partial charge in [0.25, 0.3) is 0 Å². The third kappa shape index (κ3) is 3.13. The van der Waals surface area contributed by atoms with Gasteiger partial charge in [-0.15, -0.1) is 11.8 Å². The van der Waals surface area contributed by atoms with Crippen LogP contribution in [0.15, 0.2) is 24.3 Å². The Morgan fingerprint density at radius 2 is 1.92 bits per heavy atom. The van der Waals surface area contributed by atoms with E-state index in [1.54, 1.807) is 23.7 Å². The summed E-state index contributed by atoms with van der Waals surface area (Å²) >= 11 is 7.87. The van der Waals surface area contributed by atoms with Crippen molar-refractivity contribution in [1.82, 2.24) is 20.4 Å². The van der Waals surface area contributed by atoms with E-state index in [-0.39, 0.29) is 35.6 Å². The lowest BCUT2D eigenvalue weighted by Gasteiger charge is -2.49. The molecule has 0 bridgehead atoms. The number of nitrogens with one attached hydrogen (secondary N) is 2. The molecule has 4 atom stereocenters. The first-order valence-corrected chi connectivity index (χ1v) is 9.24. The van der Waals surface area contributed by atoms with E-state index >= 15 is 0 Å². The number of hydrogen-bond donors (Lipinski definition) is 2. The molecule has 24 heavy (non-hydrogen) atoms. The zero-order valence-electron chi connectivity index (χ0n) is 13.8. The van der Waals surface area contributed by atoms with E-state index in [4.69, 9.17) is 11.6 Å². The van der Waals surface area contributed by atoms with E-state index in [1.807, 2.05) is 31.2 Å². The summed E-state index contributed by atoms with van der Waals surface area (Å²) < 4.78 is 0. The van der Waals surface area contributed by atoms with Crippen molar-refractivity contribution in [3.05, 3.63) is 34.9 Å².